The van der Waals surface area contributed by atoms with E-state index in [0.29, 0.717) is 18.3 Å². The van der Waals surface area contributed by atoms with Gasteiger partial charge in [0.25, 0.3) is 0 Å². The Kier molecular flexibility index (Phi) is 6.45. The maximum atomic E-state index is 5.50. The number of aromatic nitrogens is 4. The molecule has 11 heteroatoms. The van der Waals surface area contributed by atoms with Crippen molar-refractivity contribution in [2.45, 2.75) is 13.5 Å². The number of imidazole rings is 1. The number of nitrogens with zero attached hydrogens (tertiary/aromatic N) is 5. The lowest BCUT2D eigenvalue weighted by atomic mass is 10.1. The van der Waals surface area contributed by atoms with Gasteiger partial charge < -0.3 is 14.4 Å². The number of halogens is 4. The number of anilines is 1. The zero-order valence-electron chi connectivity index (χ0n) is 17.0. The van der Waals surface area contributed by atoms with E-state index in [1.807, 2.05) is 12.1 Å². The van der Waals surface area contributed by atoms with Gasteiger partial charge in [0.1, 0.15) is 5.52 Å². The molecule has 5 rings (SSSR count). The van der Waals surface area contributed by atoms with Gasteiger partial charge in [-0.1, -0.05) is 35.0 Å². The number of nitrogens with one attached hydrogen (secondary N) is 1. The average molecular weight is 690 g/mol. The van der Waals surface area contributed by atoms with Gasteiger partial charge in [-0.2, -0.15) is 4.98 Å². The predicted molar refractivity (Wildman–Crippen MR) is 139 cm³/mol. The zero-order chi connectivity index (χ0) is 22.4. The number of hydrogen-bond acceptors (Lipinski definition) is 6. The van der Waals surface area contributed by atoms with E-state index in [4.69, 9.17) is 9.51 Å². The highest BCUT2D eigenvalue weighted by molar-refractivity contribution is 9.15. The van der Waals surface area contributed by atoms with Crippen LogP contribution in [0.2, 0.25) is 0 Å². The molecule has 1 saturated heterocycles. The molecule has 7 nitrogen and oxygen atoms in total. The summed E-state index contributed by atoms with van der Waals surface area (Å²) in [5.74, 6) is 2.14. The number of piperazine rings is 1. The number of benzene rings is 2. The maximum absolute atomic E-state index is 5.50. The summed E-state index contributed by atoms with van der Waals surface area (Å²) < 4.78 is 9.24. The minimum atomic E-state index is 0.634. The van der Waals surface area contributed by atoms with Crippen LogP contribution >= 0.6 is 63.7 Å². The minimum absolute atomic E-state index is 0.634. The summed E-state index contributed by atoms with van der Waals surface area (Å²) in [6.45, 7) is 6.19. The monoisotopic (exact) mass is 686 g/mol. The Morgan fingerprint density at radius 2 is 1.59 bits per heavy atom. The standard InChI is InChI=1S/C21H18Br4N6O/c1-11-2-4-12(5-3-11)20-26-13(32-29-20)10-30-6-8-31(9-7-30)21-27-18-16(24)14(22)15(23)17(25)19(18)28-21/h2-5H,6-10H2,1H3,(H,27,28). The summed E-state index contributed by atoms with van der Waals surface area (Å²) in [4.78, 5) is 17.5. The number of aromatic amines is 1. The fraction of sp³-hybridized carbons (Fsp3) is 0.286. The first kappa shape index (κ1) is 22.5. The molecule has 1 aliphatic rings. The molecule has 0 amide bonds. The third kappa shape index (κ3) is 4.29. The van der Waals surface area contributed by atoms with Gasteiger partial charge in [0.15, 0.2) is 0 Å². The lowest BCUT2D eigenvalue weighted by molar-refractivity contribution is 0.215. The summed E-state index contributed by atoms with van der Waals surface area (Å²) in [6.07, 6.45) is 0. The van der Waals surface area contributed by atoms with Crippen LogP contribution < -0.4 is 4.90 Å². The van der Waals surface area contributed by atoms with E-state index in [-0.39, 0.29) is 0 Å². The van der Waals surface area contributed by atoms with Crippen LogP contribution in [0.5, 0.6) is 0 Å². The van der Waals surface area contributed by atoms with Gasteiger partial charge in [-0.15, -0.1) is 0 Å². The van der Waals surface area contributed by atoms with Crippen LogP contribution in [0.15, 0.2) is 46.7 Å². The third-order valence-corrected chi connectivity index (χ3v) is 10.3. The molecule has 1 aliphatic heterocycles. The van der Waals surface area contributed by atoms with E-state index in [1.165, 1.54) is 5.56 Å². The highest BCUT2D eigenvalue weighted by atomic mass is 79.9. The molecule has 0 saturated carbocycles. The van der Waals surface area contributed by atoms with Crippen molar-refractivity contribution >= 4 is 80.7 Å². The van der Waals surface area contributed by atoms with Crippen molar-refractivity contribution in [3.8, 4) is 11.4 Å². The smallest absolute Gasteiger partial charge is 0.241 e. The van der Waals surface area contributed by atoms with E-state index in [2.05, 4.69) is 108 Å². The summed E-state index contributed by atoms with van der Waals surface area (Å²) >= 11 is 14.5. The third-order valence-electron chi connectivity index (χ3n) is 5.51. The Morgan fingerprint density at radius 1 is 0.906 bits per heavy atom. The predicted octanol–water partition coefficient (Wildman–Crippen LogP) is 6.29. The van der Waals surface area contributed by atoms with Crippen molar-refractivity contribution in [1.82, 2.24) is 25.0 Å². The first-order valence-corrected chi connectivity index (χ1v) is 13.2. The molecule has 32 heavy (non-hydrogen) atoms. The highest BCUT2D eigenvalue weighted by Crippen LogP contribution is 2.43. The van der Waals surface area contributed by atoms with E-state index < -0.39 is 0 Å². The Balaban J connectivity index is 1.25. The number of fused-ring (bicyclic) bond motifs is 1. The Hall–Kier alpha value is -1.27. The van der Waals surface area contributed by atoms with E-state index >= 15 is 0 Å². The number of hydrogen-bond donors (Lipinski definition) is 1. The second kappa shape index (κ2) is 9.17. The molecule has 3 heterocycles. The number of aryl methyl sites for hydroxylation is 1. The summed E-state index contributed by atoms with van der Waals surface area (Å²) in [5.41, 5.74) is 4.02. The zero-order valence-corrected chi connectivity index (χ0v) is 23.3. The van der Waals surface area contributed by atoms with Gasteiger partial charge in [0.2, 0.25) is 17.7 Å². The SMILES string of the molecule is Cc1ccc(-c2noc(CN3CCN(c4nc5c(Br)c(Br)c(Br)c(Br)c5[nH]4)CC3)n2)cc1. The quantitative estimate of drug-likeness (QED) is 0.201. The van der Waals surface area contributed by atoms with E-state index in [0.717, 1.165) is 66.6 Å². The van der Waals surface area contributed by atoms with Crippen LogP contribution in [-0.2, 0) is 6.54 Å². The van der Waals surface area contributed by atoms with E-state index in [1.54, 1.807) is 0 Å². The molecule has 0 spiro atoms. The van der Waals surface area contributed by atoms with Crippen LogP contribution in [0.3, 0.4) is 0 Å². The average Bonchev–Trinajstić information content (AvgIpc) is 3.45. The second-order valence-corrected chi connectivity index (χ2v) is 10.9. The molecule has 0 aliphatic carbocycles. The maximum Gasteiger partial charge on any atom is 0.241 e. The first-order chi connectivity index (χ1) is 15.4. The van der Waals surface area contributed by atoms with Gasteiger partial charge in [-0.3, -0.25) is 4.90 Å². The van der Waals surface area contributed by atoms with Gasteiger partial charge >= 0.3 is 0 Å². The van der Waals surface area contributed by atoms with Crippen LogP contribution in [0.1, 0.15) is 11.5 Å². The molecule has 0 radical (unpaired) electrons. The molecular weight excluding hydrogens is 672 g/mol. The van der Waals surface area contributed by atoms with Crippen molar-refractivity contribution in [2.75, 3.05) is 31.1 Å². The minimum Gasteiger partial charge on any atom is -0.340 e. The summed E-state index contributed by atoms with van der Waals surface area (Å²) in [6, 6.07) is 8.14. The lowest BCUT2D eigenvalue weighted by Crippen LogP contribution is -2.46. The first-order valence-electron chi connectivity index (χ1n) is 9.99. The van der Waals surface area contributed by atoms with Gasteiger partial charge in [-0.25, -0.2) is 4.98 Å². The van der Waals surface area contributed by atoms with Gasteiger partial charge in [0, 0.05) is 40.7 Å². The molecule has 2 aromatic heterocycles. The van der Waals surface area contributed by atoms with Crippen molar-refractivity contribution in [3.63, 3.8) is 0 Å². The van der Waals surface area contributed by atoms with Crippen molar-refractivity contribution in [2.24, 2.45) is 0 Å². The van der Waals surface area contributed by atoms with Gasteiger partial charge in [0.05, 0.1) is 21.0 Å². The molecule has 2 aromatic carbocycles. The Labute approximate surface area is 218 Å². The Bertz CT molecular complexity index is 1230. The van der Waals surface area contributed by atoms with Crippen molar-refractivity contribution in [1.29, 1.82) is 0 Å². The molecule has 4 aromatic rings. The fourth-order valence-electron chi connectivity index (χ4n) is 3.68. The highest BCUT2D eigenvalue weighted by Gasteiger charge is 2.24. The summed E-state index contributed by atoms with van der Waals surface area (Å²) in [5, 5.41) is 4.14. The molecular formula is C21H18Br4N6O. The number of rotatable bonds is 4. The molecule has 1 N–H and O–H groups in total. The van der Waals surface area contributed by atoms with Crippen molar-refractivity contribution < 1.29 is 4.52 Å². The normalized spacial score (nSPS) is 15.1. The topological polar surface area (TPSA) is 74.1 Å². The largest absolute Gasteiger partial charge is 0.340 e. The molecule has 1 fully saturated rings. The van der Waals surface area contributed by atoms with Gasteiger partial charge in [-0.05, 0) is 70.6 Å². The van der Waals surface area contributed by atoms with E-state index in [9.17, 15) is 0 Å². The number of H-pyrrole nitrogens is 1. The molecule has 0 atom stereocenters. The second-order valence-electron chi connectivity index (χ2n) is 7.68. The molecule has 166 valence electrons. The fourth-order valence-corrected chi connectivity index (χ4v) is 5.97. The Morgan fingerprint density at radius 3 is 2.31 bits per heavy atom. The van der Waals surface area contributed by atoms with Crippen LogP contribution in [0.25, 0.3) is 22.4 Å². The molecule has 0 bridgehead atoms. The van der Waals surface area contributed by atoms with Crippen LogP contribution in [0, 0.1) is 6.92 Å². The van der Waals surface area contributed by atoms with Crippen LogP contribution in [-0.4, -0.2) is 51.2 Å². The molecule has 0 unspecified atom stereocenters. The lowest BCUT2D eigenvalue weighted by Gasteiger charge is -2.33. The van der Waals surface area contributed by atoms with Crippen molar-refractivity contribution in [3.05, 3.63) is 53.6 Å². The van der Waals surface area contributed by atoms with Crippen LogP contribution in [0.4, 0.5) is 5.95 Å². The summed E-state index contributed by atoms with van der Waals surface area (Å²) in [7, 11) is 0.